The largest absolute Gasteiger partial charge is 0.462 e. The number of likely N-dealkylation sites (N-methyl/N-ethyl adjacent to an activating group) is 1. The van der Waals surface area contributed by atoms with Crippen LogP contribution in [0.25, 0.3) is 0 Å². The SMILES string of the molecule is CCCCCCCC/C=C\CCCCCCCC(=O)OCC(COP(O)OCCN(CC)CC)OC(=O)CCCCCCC/C=C\CCCCCCCC. The molecular formula is C45H86NO7P. The third-order valence-electron chi connectivity index (χ3n) is 9.89. The Bertz CT molecular complexity index is 867. The Morgan fingerprint density at radius 1 is 0.537 bits per heavy atom. The van der Waals surface area contributed by atoms with Crippen molar-refractivity contribution in [1.29, 1.82) is 0 Å². The summed E-state index contributed by atoms with van der Waals surface area (Å²) < 4.78 is 22.1. The van der Waals surface area contributed by atoms with Gasteiger partial charge in [0.2, 0.25) is 0 Å². The van der Waals surface area contributed by atoms with Crippen LogP contribution in [0.2, 0.25) is 0 Å². The van der Waals surface area contributed by atoms with Gasteiger partial charge in [0.05, 0.1) is 13.2 Å². The molecule has 0 aliphatic carbocycles. The van der Waals surface area contributed by atoms with Crippen molar-refractivity contribution in [3.05, 3.63) is 24.3 Å². The number of carbonyl (C=O) groups is 2. The van der Waals surface area contributed by atoms with Crippen LogP contribution in [0, 0.1) is 0 Å². The van der Waals surface area contributed by atoms with Crippen LogP contribution in [0.3, 0.4) is 0 Å². The lowest BCUT2D eigenvalue weighted by Gasteiger charge is -2.21. The van der Waals surface area contributed by atoms with E-state index in [1.807, 2.05) is 0 Å². The van der Waals surface area contributed by atoms with E-state index in [9.17, 15) is 14.5 Å². The Hall–Kier alpha value is -1.31. The molecule has 0 amide bonds. The van der Waals surface area contributed by atoms with E-state index in [2.05, 4.69) is 56.9 Å². The lowest BCUT2D eigenvalue weighted by atomic mass is 10.1. The third kappa shape index (κ3) is 38.9. The lowest BCUT2D eigenvalue weighted by Crippen LogP contribution is -2.29. The van der Waals surface area contributed by atoms with E-state index >= 15 is 0 Å². The second-order valence-electron chi connectivity index (χ2n) is 14.9. The highest BCUT2D eigenvalue weighted by molar-refractivity contribution is 7.40. The molecule has 0 saturated heterocycles. The Morgan fingerprint density at radius 2 is 0.944 bits per heavy atom. The maximum atomic E-state index is 12.7. The minimum Gasteiger partial charge on any atom is -0.462 e. The Morgan fingerprint density at radius 3 is 1.39 bits per heavy atom. The summed E-state index contributed by atoms with van der Waals surface area (Å²) in [5, 5.41) is 0. The Balaban J connectivity index is 4.31. The zero-order valence-corrected chi connectivity index (χ0v) is 36.6. The molecule has 0 rings (SSSR count). The van der Waals surface area contributed by atoms with E-state index in [0.717, 1.165) is 70.9 Å². The van der Waals surface area contributed by atoms with Gasteiger partial charge in [-0.1, -0.05) is 155 Å². The van der Waals surface area contributed by atoms with Crippen molar-refractivity contribution in [3.63, 3.8) is 0 Å². The fourth-order valence-corrected chi connectivity index (χ4v) is 6.88. The molecule has 8 nitrogen and oxygen atoms in total. The van der Waals surface area contributed by atoms with Crippen molar-refractivity contribution < 1.29 is 33.0 Å². The quantitative estimate of drug-likeness (QED) is 0.0283. The van der Waals surface area contributed by atoms with Crippen molar-refractivity contribution in [2.75, 3.05) is 39.5 Å². The molecule has 9 heteroatoms. The number of allylic oxidation sites excluding steroid dienone is 4. The molecule has 0 saturated carbocycles. The molecule has 54 heavy (non-hydrogen) atoms. The number of carbonyl (C=O) groups excluding carboxylic acids is 2. The molecule has 0 aromatic carbocycles. The fourth-order valence-electron chi connectivity index (χ4n) is 6.27. The molecule has 0 aliphatic rings. The number of unbranched alkanes of at least 4 members (excludes halogenated alkanes) is 22. The molecule has 0 aromatic rings. The van der Waals surface area contributed by atoms with Gasteiger partial charge < -0.3 is 28.3 Å². The van der Waals surface area contributed by atoms with Gasteiger partial charge >= 0.3 is 20.5 Å². The zero-order chi connectivity index (χ0) is 39.6. The number of rotatable bonds is 42. The van der Waals surface area contributed by atoms with Crippen molar-refractivity contribution in [3.8, 4) is 0 Å². The highest BCUT2D eigenvalue weighted by atomic mass is 31.2. The number of ether oxygens (including phenoxy) is 2. The van der Waals surface area contributed by atoms with Crippen molar-refractivity contribution in [1.82, 2.24) is 4.90 Å². The molecule has 0 bridgehead atoms. The first-order valence-corrected chi connectivity index (χ1v) is 23.7. The van der Waals surface area contributed by atoms with E-state index < -0.39 is 14.7 Å². The first kappa shape index (κ1) is 52.7. The van der Waals surface area contributed by atoms with Gasteiger partial charge in [-0.25, -0.2) is 0 Å². The highest BCUT2D eigenvalue weighted by Crippen LogP contribution is 2.33. The average Bonchev–Trinajstić information content (AvgIpc) is 3.17. The number of nitrogens with zero attached hydrogens (tertiary/aromatic N) is 1. The molecule has 1 N–H and O–H groups in total. The van der Waals surface area contributed by atoms with E-state index in [-0.39, 0.29) is 25.2 Å². The monoisotopic (exact) mass is 784 g/mol. The van der Waals surface area contributed by atoms with Gasteiger partial charge in [-0.05, 0) is 77.3 Å². The van der Waals surface area contributed by atoms with Crippen LogP contribution in [-0.2, 0) is 28.1 Å². The predicted octanol–water partition coefficient (Wildman–Crippen LogP) is 13.1. The molecule has 0 heterocycles. The van der Waals surface area contributed by atoms with Crippen LogP contribution >= 0.6 is 8.60 Å². The second kappa shape index (κ2) is 42.8. The van der Waals surface area contributed by atoms with E-state index in [1.165, 1.54) is 109 Å². The minimum atomic E-state index is -2.13. The van der Waals surface area contributed by atoms with Gasteiger partial charge in [-0.15, -0.1) is 0 Å². The highest BCUT2D eigenvalue weighted by Gasteiger charge is 2.20. The van der Waals surface area contributed by atoms with Gasteiger partial charge in [-0.2, -0.15) is 0 Å². The van der Waals surface area contributed by atoms with Crippen molar-refractivity contribution in [2.24, 2.45) is 0 Å². The van der Waals surface area contributed by atoms with Crippen LogP contribution in [0.4, 0.5) is 0 Å². The van der Waals surface area contributed by atoms with Crippen LogP contribution < -0.4 is 0 Å². The van der Waals surface area contributed by atoms with Crippen LogP contribution in [0.5, 0.6) is 0 Å². The normalized spacial score (nSPS) is 13.0. The molecule has 2 atom stereocenters. The van der Waals surface area contributed by atoms with E-state index in [0.29, 0.717) is 26.0 Å². The Kier molecular flexibility index (Phi) is 41.8. The summed E-state index contributed by atoms with van der Waals surface area (Å²) >= 11 is 0. The number of hydrogen-bond acceptors (Lipinski definition) is 8. The van der Waals surface area contributed by atoms with E-state index in [1.54, 1.807) is 0 Å². The minimum absolute atomic E-state index is 0.0910. The van der Waals surface area contributed by atoms with Crippen LogP contribution in [-0.4, -0.2) is 67.3 Å². The van der Waals surface area contributed by atoms with Gasteiger partial charge in [0, 0.05) is 19.4 Å². The third-order valence-corrected chi connectivity index (χ3v) is 10.7. The Labute approximate surface area is 335 Å². The molecule has 0 spiro atoms. The molecule has 0 radical (unpaired) electrons. The predicted molar refractivity (Wildman–Crippen MR) is 229 cm³/mol. The summed E-state index contributed by atoms with van der Waals surface area (Å²) in [4.78, 5) is 37.7. The first-order chi connectivity index (χ1) is 26.5. The molecule has 2 unspecified atom stereocenters. The number of hydrogen-bond donors (Lipinski definition) is 1. The van der Waals surface area contributed by atoms with Gasteiger partial charge in [0.1, 0.15) is 6.61 Å². The molecular weight excluding hydrogens is 697 g/mol. The van der Waals surface area contributed by atoms with Gasteiger partial charge in [-0.3, -0.25) is 9.59 Å². The van der Waals surface area contributed by atoms with E-state index in [4.69, 9.17) is 18.5 Å². The smallest absolute Gasteiger partial charge is 0.330 e. The summed E-state index contributed by atoms with van der Waals surface area (Å²) in [6.45, 7) is 11.3. The first-order valence-electron chi connectivity index (χ1n) is 22.6. The standard InChI is InChI=1S/C45H86NO7P/c1-5-9-11-13-15-17-19-21-23-25-27-29-31-33-35-37-44(47)50-41-43(42-52-54(49)51-40-39-46(7-3)8-4)53-45(48)38-36-34-32-30-28-26-24-22-20-18-16-14-12-10-6-2/h21-24,43,49H,5-20,25-42H2,1-4H3/b23-21-,24-22-. The van der Waals surface area contributed by atoms with Crippen molar-refractivity contribution >= 4 is 20.5 Å². The lowest BCUT2D eigenvalue weighted by molar-refractivity contribution is -0.161. The molecule has 318 valence electrons. The van der Waals surface area contributed by atoms with Gasteiger partial charge in [0.15, 0.2) is 6.10 Å². The number of esters is 2. The van der Waals surface area contributed by atoms with Crippen molar-refractivity contribution in [2.45, 2.75) is 214 Å². The fraction of sp³-hybridized carbons (Fsp3) is 0.867. The topological polar surface area (TPSA) is 94.5 Å². The van der Waals surface area contributed by atoms with Gasteiger partial charge in [0.25, 0.3) is 0 Å². The van der Waals surface area contributed by atoms with Crippen LogP contribution in [0.15, 0.2) is 24.3 Å². The summed E-state index contributed by atoms with van der Waals surface area (Å²) in [6, 6.07) is 0. The summed E-state index contributed by atoms with van der Waals surface area (Å²) in [6.07, 6.45) is 40.4. The molecule has 0 aliphatic heterocycles. The summed E-state index contributed by atoms with van der Waals surface area (Å²) in [7, 11) is -2.13. The molecule has 0 aromatic heterocycles. The maximum absolute atomic E-state index is 12.7. The summed E-state index contributed by atoms with van der Waals surface area (Å²) in [5.74, 6) is -0.632. The van der Waals surface area contributed by atoms with Crippen LogP contribution in [0.1, 0.15) is 207 Å². The molecule has 0 fully saturated rings. The zero-order valence-electron chi connectivity index (χ0n) is 35.7. The summed E-state index contributed by atoms with van der Waals surface area (Å²) in [5.41, 5.74) is 0. The average molecular weight is 784 g/mol. The second-order valence-corrected chi connectivity index (χ2v) is 15.8. The maximum Gasteiger partial charge on any atom is 0.330 e.